The van der Waals surface area contributed by atoms with E-state index >= 15 is 0 Å². The third kappa shape index (κ3) is 2.53. The Bertz CT molecular complexity index is 419. The Labute approximate surface area is 105 Å². The maximum absolute atomic E-state index is 12.6. The Morgan fingerprint density at radius 1 is 1.22 bits per heavy atom. The van der Waals surface area contributed by atoms with Crippen LogP contribution in [0.5, 0.6) is 0 Å². The van der Waals surface area contributed by atoms with Crippen LogP contribution < -0.4 is 0 Å². The Balaban J connectivity index is 2.28. The van der Waals surface area contributed by atoms with Crippen LogP contribution in [-0.4, -0.2) is 5.11 Å². The van der Waals surface area contributed by atoms with Gasteiger partial charge in [-0.25, -0.2) is 0 Å². The van der Waals surface area contributed by atoms with Crippen LogP contribution in [0.4, 0.5) is 13.2 Å². The lowest BCUT2D eigenvalue weighted by atomic mass is 9.79. The fourth-order valence-corrected chi connectivity index (χ4v) is 2.74. The monoisotopic (exact) mass is 258 g/mol. The summed E-state index contributed by atoms with van der Waals surface area (Å²) in [6, 6.07) is 5.03. The van der Waals surface area contributed by atoms with Gasteiger partial charge in [0.15, 0.2) is 0 Å². The van der Waals surface area contributed by atoms with Crippen LogP contribution in [0.25, 0.3) is 0 Å². The predicted octanol–water partition coefficient (Wildman–Crippen LogP) is 4.32. The molecule has 0 aliphatic heterocycles. The molecule has 0 amide bonds. The van der Waals surface area contributed by atoms with Crippen molar-refractivity contribution >= 4 is 0 Å². The first-order valence-corrected chi connectivity index (χ1v) is 6.18. The quantitative estimate of drug-likeness (QED) is 0.837. The van der Waals surface area contributed by atoms with E-state index in [0.717, 1.165) is 37.8 Å². The Morgan fingerprint density at radius 2 is 1.83 bits per heavy atom. The molecule has 1 nitrogen and oxygen atoms in total. The predicted molar refractivity (Wildman–Crippen MR) is 63.0 cm³/mol. The highest BCUT2D eigenvalue weighted by atomic mass is 19.4. The smallest absolute Gasteiger partial charge is 0.388 e. The van der Waals surface area contributed by atoms with Crippen molar-refractivity contribution in [1.82, 2.24) is 0 Å². The fourth-order valence-electron chi connectivity index (χ4n) is 2.74. The molecule has 0 aromatic heterocycles. The van der Waals surface area contributed by atoms with Crippen molar-refractivity contribution in [3.05, 3.63) is 35.4 Å². The minimum Gasteiger partial charge on any atom is -0.388 e. The Hall–Kier alpha value is -1.03. The van der Waals surface area contributed by atoms with Gasteiger partial charge >= 0.3 is 6.18 Å². The molecule has 0 radical (unpaired) electrons. The molecule has 0 heterocycles. The van der Waals surface area contributed by atoms with Gasteiger partial charge in [0.05, 0.1) is 11.7 Å². The normalized spacial score (nSPS) is 20.9. The summed E-state index contributed by atoms with van der Waals surface area (Å²) in [6.07, 6.45) is -1.37. The van der Waals surface area contributed by atoms with Gasteiger partial charge < -0.3 is 5.11 Å². The van der Waals surface area contributed by atoms with E-state index in [2.05, 4.69) is 0 Å². The largest absolute Gasteiger partial charge is 0.416 e. The van der Waals surface area contributed by atoms with Crippen molar-refractivity contribution in [1.29, 1.82) is 0 Å². The molecule has 100 valence electrons. The molecule has 1 fully saturated rings. The highest BCUT2D eigenvalue weighted by Crippen LogP contribution is 2.47. The maximum Gasteiger partial charge on any atom is 0.416 e. The summed E-state index contributed by atoms with van der Waals surface area (Å²) in [6.45, 7) is 1.95. The molecule has 0 saturated heterocycles. The minimum absolute atomic E-state index is 0.287. The maximum atomic E-state index is 12.6. The molecule has 1 aliphatic carbocycles. The van der Waals surface area contributed by atoms with Gasteiger partial charge in [-0.15, -0.1) is 0 Å². The van der Waals surface area contributed by atoms with Gasteiger partial charge in [0.2, 0.25) is 0 Å². The first-order chi connectivity index (χ1) is 8.33. The van der Waals surface area contributed by atoms with E-state index in [-0.39, 0.29) is 5.41 Å². The first kappa shape index (κ1) is 13.4. The Morgan fingerprint density at radius 3 is 2.39 bits per heavy atom. The molecule has 18 heavy (non-hydrogen) atoms. The number of aliphatic hydroxyl groups is 1. The van der Waals surface area contributed by atoms with Gasteiger partial charge in [-0.2, -0.15) is 13.2 Å². The standard InChI is InChI=1S/C14H17F3O/c1-13(7-2-3-8-13)12(18)10-5-4-6-11(9-10)14(15,16)17/h4-6,9,12,18H,2-3,7-8H2,1H3. The minimum atomic E-state index is -4.35. The summed E-state index contributed by atoms with van der Waals surface area (Å²) in [5, 5.41) is 10.3. The highest BCUT2D eigenvalue weighted by molar-refractivity contribution is 5.28. The summed E-state index contributed by atoms with van der Waals surface area (Å²) < 4.78 is 37.9. The van der Waals surface area contributed by atoms with Crippen molar-refractivity contribution in [2.75, 3.05) is 0 Å². The molecule has 2 rings (SSSR count). The fraction of sp³-hybridized carbons (Fsp3) is 0.571. The molecule has 4 heteroatoms. The number of hydrogen-bond donors (Lipinski definition) is 1. The van der Waals surface area contributed by atoms with Crippen LogP contribution in [0.3, 0.4) is 0 Å². The lowest BCUT2D eigenvalue weighted by Gasteiger charge is -2.30. The van der Waals surface area contributed by atoms with E-state index in [0.29, 0.717) is 5.56 Å². The number of benzene rings is 1. The van der Waals surface area contributed by atoms with Crippen LogP contribution >= 0.6 is 0 Å². The van der Waals surface area contributed by atoms with Crippen molar-refractivity contribution in [2.45, 2.75) is 44.9 Å². The molecule has 0 spiro atoms. The molecule has 1 N–H and O–H groups in total. The summed E-state index contributed by atoms with van der Waals surface area (Å²) in [7, 11) is 0. The van der Waals surface area contributed by atoms with E-state index < -0.39 is 17.8 Å². The zero-order valence-corrected chi connectivity index (χ0v) is 10.3. The van der Waals surface area contributed by atoms with Crippen LogP contribution in [-0.2, 0) is 6.18 Å². The molecule has 1 aromatic rings. The van der Waals surface area contributed by atoms with Gasteiger partial charge in [-0.05, 0) is 36.0 Å². The molecule has 0 bridgehead atoms. The number of halogens is 3. The number of alkyl halides is 3. The zero-order valence-electron chi connectivity index (χ0n) is 10.3. The van der Waals surface area contributed by atoms with Gasteiger partial charge in [0.25, 0.3) is 0 Å². The van der Waals surface area contributed by atoms with Gasteiger partial charge in [-0.1, -0.05) is 31.9 Å². The summed E-state index contributed by atoms with van der Waals surface area (Å²) in [5.74, 6) is 0. The average Bonchev–Trinajstić information content (AvgIpc) is 2.75. The lowest BCUT2D eigenvalue weighted by molar-refractivity contribution is -0.137. The second kappa shape index (κ2) is 4.57. The van der Waals surface area contributed by atoms with E-state index in [1.165, 1.54) is 6.07 Å². The highest BCUT2D eigenvalue weighted by Gasteiger charge is 2.38. The number of hydrogen-bond acceptors (Lipinski definition) is 1. The van der Waals surface area contributed by atoms with Gasteiger partial charge in [0.1, 0.15) is 0 Å². The van der Waals surface area contributed by atoms with E-state index in [1.807, 2.05) is 6.92 Å². The van der Waals surface area contributed by atoms with Gasteiger partial charge in [0, 0.05) is 0 Å². The summed E-state index contributed by atoms with van der Waals surface area (Å²) >= 11 is 0. The van der Waals surface area contributed by atoms with E-state index in [1.54, 1.807) is 6.07 Å². The van der Waals surface area contributed by atoms with Crippen LogP contribution in [0.15, 0.2) is 24.3 Å². The van der Waals surface area contributed by atoms with E-state index in [4.69, 9.17) is 0 Å². The SMILES string of the molecule is CC1(C(O)c2cccc(C(F)(F)F)c2)CCCC1. The molecular weight excluding hydrogens is 241 g/mol. The molecule has 1 saturated carbocycles. The van der Waals surface area contributed by atoms with Crippen LogP contribution in [0.1, 0.15) is 49.8 Å². The van der Waals surface area contributed by atoms with E-state index in [9.17, 15) is 18.3 Å². The lowest BCUT2D eigenvalue weighted by Crippen LogP contribution is -2.22. The van der Waals surface area contributed by atoms with Crippen molar-refractivity contribution in [3.63, 3.8) is 0 Å². The Kier molecular flexibility index (Phi) is 3.41. The van der Waals surface area contributed by atoms with Crippen molar-refractivity contribution < 1.29 is 18.3 Å². The number of aliphatic hydroxyl groups excluding tert-OH is 1. The third-order valence-electron chi connectivity index (χ3n) is 3.94. The second-order valence-electron chi connectivity index (χ2n) is 5.39. The molecular formula is C14H17F3O. The summed E-state index contributed by atoms with van der Waals surface area (Å²) in [5.41, 5.74) is -0.612. The third-order valence-corrected chi connectivity index (χ3v) is 3.94. The van der Waals surface area contributed by atoms with Crippen LogP contribution in [0, 0.1) is 5.41 Å². The average molecular weight is 258 g/mol. The molecule has 1 aromatic carbocycles. The molecule has 1 aliphatic rings. The topological polar surface area (TPSA) is 20.2 Å². The number of rotatable bonds is 2. The zero-order chi connectivity index (χ0) is 13.4. The molecule has 1 unspecified atom stereocenters. The van der Waals surface area contributed by atoms with Gasteiger partial charge in [-0.3, -0.25) is 0 Å². The van der Waals surface area contributed by atoms with Crippen molar-refractivity contribution in [2.24, 2.45) is 5.41 Å². The second-order valence-corrected chi connectivity index (χ2v) is 5.39. The molecule has 1 atom stereocenters. The summed E-state index contributed by atoms with van der Waals surface area (Å²) in [4.78, 5) is 0. The van der Waals surface area contributed by atoms with Crippen molar-refractivity contribution in [3.8, 4) is 0 Å². The van der Waals surface area contributed by atoms with Crippen LogP contribution in [0.2, 0.25) is 0 Å². The first-order valence-electron chi connectivity index (χ1n) is 6.18.